The first-order chi connectivity index (χ1) is 18.5. The average molecular weight is 591 g/mol. The van der Waals surface area contributed by atoms with Crippen molar-refractivity contribution in [2.24, 2.45) is 0 Å². The van der Waals surface area contributed by atoms with E-state index >= 15 is 0 Å². The van der Waals surface area contributed by atoms with Gasteiger partial charge < -0.3 is 10.2 Å². The van der Waals surface area contributed by atoms with Crippen LogP contribution in [-0.4, -0.2) is 44.3 Å². The Balaban J connectivity index is 2.10. The van der Waals surface area contributed by atoms with Gasteiger partial charge in [0.2, 0.25) is 11.8 Å². The molecule has 0 spiro atoms. The number of carbonyl (C=O) groups excluding carboxylic acids is 2. The fourth-order valence-corrected chi connectivity index (χ4v) is 5.89. The van der Waals surface area contributed by atoms with Crippen molar-refractivity contribution in [3.8, 4) is 0 Å². The Morgan fingerprint density at radius 2 is 1.59 bits per heavy atom. The number of hydrogen-bond acceptors (Lipinski definition) is 4. The lowest BCUT2D eigenvalue weighted by Crippen LogP contribution is -2.52. The lowest BCUT2D eigenvalue weighted by molar-refractivity contribution is -0.140. The summed E-state index contributed by atoms with van der Waals surface area (Å²) in [5.74, 6) is -0.859. The van der Waals surface area contributed by atoms with Crippen molar-refractivity contribution >= 4 is 50.7 Å². The number of nitrogens with one attached hydrogen (secondary N) is 1. The summed E-state index contributed by atoms with van der Waals surface area (Å²) in [6, 6.07) is 17.2. The maximum atomic E-state index is 14.0. The summed E-state index contributed by atoms with van der Waals surface area (Å²) in [5, 5.41) is 3.62. The second kappa shape index (κ2) is 13.3. The SMILES string of the molecule is CCNC(=O)[C@H](CC)N(Cc1ccccc1Cl)C(=O)CN(c1ccc(C)c(C)c1)S(=O)(=O)c1ccc(Cl)cc1. The number of amides is 2. The highest BCUT2D eigenvalue weighted by molar-refractivity contribution is 7.92. The second-order valence-corrected chi connectivity index (χ2v) is 11.9. The Kier molecular flexibility index (Phi) is 10.4. The molecule has 0 bridgehead atoms. The molecule has 2 amide bonds. The molecule has 7 nitrogen and oxygen atoms in total. The number of aryl methyl sites for hydroxylation is 2. The quantitative estimate of drug-likeness (QED) is 0.308. The average Bonchev–Trinajstić information content (AvgIpc) is 2.90. The van der Waals surface area contributed by atoms with Gasteiger partial charge in [-0.05, 0) is 86.3 Å². The van der Waals surface area contributed by atoms with Gasteiger partial charge in [-0.1, -0.05) is 54.4 Å². The summed E-state index contributed by atoms with van der Waals surface area (Å²) in [6.45, 7) is 7.31. The van der Waals surface area contributed by atoms with Crippen LogP contribution in [0.25, 0.3) is 0 Å². The fourth-order valence-electron chi connectivity index (χ4n) is 4.16. The van der Waals surface area contributed by atoms with Gasteiger partial charge in [0.1, 0.15) is 12.6 Å². The molecule has 0 saturated heterocycles. The van der Waals surface area contributed by atoms with Crippen LogP contribution >= 0.6 is 23.2 Å². The van der Waals surface area contributed by atoms with E-state index in [1.54, 1.807) is 50.2 Å². The van der Waals surface area contributed by atoms with Gasteiger partial charge in [0.15, 0.2) is 0 Å². The standard InChI is InChI=1S/C29H33Cl2N3O4S/c1-5-27(29(36)32-6-2)33(18-22-9-7-8-10-26(22)31)28(35)19-34(24-14-11-20(3)21(4)17-24)39(37,38)25-15-12-23(30)13-16-25/h7-17,27H,5-6,18-19H2,1-4H3,(H,32,36)/t27-/m0/s1. The molecule has 1 atom stereocenters. The Labute approximate surface area is 240 Å². The number of halogens is 2. The molecule has 3 rings (SSSR count). The Hall–Kier alpha value is -3.07. The van der Waals surface area contributed by atoms with Gasteiger partial charge in [-0.2, -0.15) is 0 Å². The Morgan fingerprint density at radius 1 is 0.923 bits per heavy atom. The van der Waals surface area contributed by atoms with Gasteiger partial charge in [-0.3, -0.25) is 13.9 Å². The summed E-state index contributed by atoms with van der Waals surface area (Å²) >= 11 is 12.4. The number of carbonyl (C=O) groups is 2. The van der Waals surface area contributed by atoms with E-state index in [-0.39, 0.29) is 17.3 Å². The second-order valence-electron chi connectivity index (χ2n) is 9.17. The first kappa shape index (κ1) is 30.5. The highest BCUT2D eigenvalue weighted by atomic mass is 35.5. The molecule has 3 aromatic carbocycles. The van der Waals surface area contributed by atoms with Crippen LogP contribution in [0.15, 0.2) is 71.6 Å². The van der Waals surface area contributed by atoms with E-state index in [1.165, 1.54) is 29.2 Å². The predicted octanol–water partition coefficient (Wildman–Crippen LogP) is 5.75. The minimum atomic E-state index is -4.17. The number of benzene rings is 3. The minimum Gasteiger partial charge on any atom is -0.355 e. The normalized spacial score (nSPS) is 12.1. The largest absolute Gasteiger partial charge is 0.355 e. The highest BCUT2D eigenvalue weighted by Gasteiger charge is 2.34. The van der Waals surface area contributed by atoms with E-state index < -0.39 is 28.5 Å². The van der Waals surface area contributed by atoms with Crippen LogP contribution < -0.4 is 9.62 Å². The van der Waals surface area contributed by atoms with E-state index in [0.717, 1.165) is 15.4 Å². The summed E-state index contributed by atoms with van der Waals surface area (Å²) in [7, 11) is -4.17. The molecule has 0 heterocycles. The number of anilines is 1. The molecule has 39 heavy (non-hydrogen) atoms. The molecule has 0 aromatic heterocycles. The maximum absolute atomic E-state index is 14.0. The molecule has 0 radical (unpaired) electrons. The van der Waals surface area contributed by atoms with Crippen molar-refractivity contribution in [2.45, 2.75) is 51.6 Å². The lowest BCUT2D eigenvalue weighted by atomic mass is 10.1. The Bertz CT molecular complexity index is 1430. The van der Waals surface area contributed by atoms with Crippen LogP contribution in [0, 0.1) is 13.8 Å². The zero-order chi connectivity index (χ0) is 28.7. The minimum absolute atomic E-state index is 0.00801. The molecule has 10 heteroatoms. The van der Waals surface area contributed by atoms with E-state index in [0.29, 0.717) is 34.3 Å². The summed E-state index contributed by atoms with van der Waals surface area (Å²) in [4.78, 5) is 28.4. The van der Waals surface area contributed by atoms with E-state index in [2.05, 4.69) is 5.32 Å². The number of rotatable bonds is 11. The van der Waals surface area contributed by atoms with Crippen molar-refractivity contribution in [3.63, 3.8) is 0 Å². The van der Waals surface area contributed by atoms with Gasteiger partial charge in [0.25, 0.3) is 10.0 Å². The van der Waals surface area contributed by atoms with Crippen LogP contribution in [0.1, 0.15) is 37.0 Å². The van der Waals surface area contributed by atoms with E-state index in [9.17, 15) is 18.0 Å². The zero-order valence-electron chi connectivity index (χ0n) is 22.4. The van der Waals surface area contributed by atoms with Crippen molar-refractivity contribution < 1.29 is 18.0 Å². The third-order valence-corrected chi connectivity index (χ3v) is 8.90. The van der Waals surface area contributed by atoms with Gasteiger partial charge in [0.05, 0.1) is 10.6 Å². The topological polar surface area (TPSA) is 86.8 Å². The molecule has 1 N–H and O–H groups in total. The monoisotopic (exact) mass is 589 g/mol. The number of sulfonamides is 1. The third kappa shape index (κ3) is 7.32. The van der Waals surface area contributed by atoms with E-state index in [4.69, 9.17) is 23.2 Å². The van der Waals surface area contributed by atoms with Gasteiger partial charge in [-0.15, -0.1) is 0 Å². The Morgan fingerprint density at radius 3 is 2.18 bits per heavy atom. The zero-order valence-corrected chi connectivity index (χ0v) is 24.8. The summed E-state index contributed by atoms with van der Waals surface area (Å²) in [6.07, 6.45) is 0.329. The molecule has 0 fully saturated rings. The summed E-state index contributed by atoms with van der Waals surface area (Å²) < 4.78 is 28.9. The van der Waals surface area contributed by atoms with Crippen molar-refractivity contribution in [2.75, 3.05) is 17.4 Å². The first-order valence-corrected chi connectivity index (χ1v) is 14.8. The molecule has 0 saturated carbocycles. The first-order valence-electron chi connectivity index (χ1n) is 12.7. The van der Waals surface area contributed by atoms with Gasteiger partial charge in [0, 0.05) is 23.1 Å². The molecular weight excluding hydrogens is 557 g/mol. The van der Waals surface area contributed by atoms with Crippen LogP contribution in [0.5, 0.6) is 0 Å². The lowest BCUT2D eigenvalue weighted by Gasteiger charge is -2.33. The summed E-state index contributed by atoms with van der Waals surface area (Å²) in [5.41, 5.74) is 2.84. The molecule has 0 aliphatic carbocycles. The van der Waals surface area contributed by atoms with Crippen LogP contribution in [-0.2, 0) is 26.2 Å². The molecule has 0 aliphatic rings. The van der Waals surface area contributed by atoms with E-state index in [1.807, 2.05) is 19.9 Å². The number of hydrogen-bond donors (Lipinski definition) is 1. The third-order valence-electron chi connectivity index (χ3n) is 6.49. The smallest absolute Gasteiger partial charge is 0.264 e. The van der Waals surface area contributed by atoms with Crippen molar-refractivity contribution in [1.82, 2.24) is 10.2 Å². The van der Waals surface area contributed by atoms with Crippen molar-refractivity contribution in [1.29, 1.82) is 0 Å². The molecule has 208 valence electrons. The molecule has 0 aliphatic heterocycles. The van der Waals surface area contributed by atoms with Gasteiger partial charge in [-0.25, -0.2) is 8.42 Å². The van der Waals surface area contributed by atoms with Crippen molar-refractivity contribution in [3.05, 3.63) is 93.5 Å². The molecular formula is C29H33Cl2N3O4S. The van der Waals surface area contributed by atoms with Gasteiger partial charge >= 0.3 is 0 Å². The predicted molar refractivity (Wildman–Crippen MR) is 157 cm³/mol. The maximum Gasteiger partial charge on any atom is 0.264 e. The van der Waals surface area contributed by atoms with Crippen LogP contribution in [0.3, 0.4) is 0 Å². The number of likely N-dealkylation sites (N-methyl/N-ethyl adjacent to an activating group) is 1. The van der Waals surface area contributed by atoms with Crippen LogP contribution in [0.2, 0.25) is 10.0 Å². The molecule has 0 unspecified atom stereocenters. The fraction of sp³-hybridized carbons (Fsp3) is 0.310. The highest BCUT2D eigenvalue weighted by Crippen LogP contribution is 2.28. The van der Waals surface area contributed by atoms with Crippen LogP contribution in [0.4, 0.5) is 5.69 Å². The molecule has 3 aromatic rings. The number of nitrogens with zero attached hydrogens (tertiary/aromatic N) is 2.